The lowest BCUT2D eigenvalue weighted by Crippen LogP contribution is -2.29. The summed E-state index contributed by atoms with van der Waals surface area (Å²) in [7, 11) is 0. The predicted octanol–water partition coefficient (Wildman–Crippen LogP) is 4.28. The van der Waals surface area contributed by atoms with Crippen LogP contribution in [0.15, 0.2) is 36.4 Å². The molecular weight excluding hydrogens is 288 g/mol. The zero-order valence-electron chi connectivity index (χ0n) is 11.8. The Balaban J connectivity index is 1.96. The van der Waals surface area contributed by atoms with E-state index in [4.69, 9.17) is 5.11 Å². The molecule has 3 nitrogen and oxygen atoms in total. The molecule has 2 N–H and O–H groups in total. The average Bonchev–Trinajstić information content (AvgIpc) is 2.49. The molecule has 3 rings (SSSR count). The smallest absolute Gasteiger partial charge is 0.405 e. The minimum Gasteiger partial charge on any atom is -0.465 e. The minimum absolute atomic E-state index is 0.208. The second-order valence-electron chi connectivity index (χ2n) is 5.44. The van der Waals surface area contributed by atoms with E-state index in [-0.39, 0.29) is 6.04 Å². The van der Waals surface area contributed by atoms with Crippen LogP contribution in [0.5, 0.6) is 0 Å². The number of aryl methyl sites for hydroxylation is 1. The van der Waals surface area contributed by atoms with E-state index in [1.807, 2.05) is 18.2 Å². The predicted molar refractivity (Wildman–Crippen MR) is 78.6 cm³/mol. The van der Waals surface area contributed by atoms with Gasteiger partial charge >= 0.3 is 6.09 Å². The molecule has 0 aromatic heterocycles. The lowest BCUT2D eigenvalue weighted by molar-refractivity contribution is 0.188. The highest BCUT2D eigenvalue weighted by Gasteiger charge is 2.22. The molecule has 1 atom stereocenters. The van der Waals surface area contributed by atoms with E-state index in [1.165, 1.54) is 12.1 Å². The highest BCUT2D eigenvalue weighted by atomic mass is 19.2. The Morgan fingerprint density at radius 1 is 1.09 bits per heavy atom. The molecule has 0 aliphatic heterocycles. The largest absolute Gasteiger partial charge is 0.465 e. The van der Waals surface area contributed by atoms with Crippen LogP contribution in [0.2, 0.25) is 0 Å². The van der Waals surface area contributed by atoms with Crippen LogP contribution in [0.25, 0.3) is 11.1 Å². The van der Waals surface area contributed by atoms with E-state index < -0.39 is 17.7 Å². The Morgan fingerprint density at radius 2 is 1.82 bits per heavy atom. The number of nitrogens with one attached hydrogen (secondary N) is 1. The molecule has 0 spiro atoms. The topological polar surface area (TPSA) is 49.3 Å². The molecule has 0 radical (unpaired) electrons. The van der Waals surface area contributed by atoms with Gasteiger partial charge in [-0.2, -0.15) is 0 Å². The third-order valence-electron chi connectivity index (χ3n) is 4.01. The second kappa shape index (κ2) is 5.75. The van der Waals surface area contributed by atoms with Gasteiger partial charge < -0.3 is 10.4 Å². The molecule has 114 valence electrons. The van der Waals surface area contributed by atoms with Gasteiger partial charge in [0.2, 0.25) is 0 Å². The van der Waals surface area contributed by atoms with Crippen LogP contribution in [0, 0.1) is 11.6 Å². The summed E-state index contributed by atoms with van der Waals surface area (Å²) < 4.78 is 26.4. The monoisotopic (exact) mass is 303 g/mol. The summed E-state index contributed by atoms with van der Waals surface area (Å²) in [6, 6.07) is 9.22. The van der Waals surface area contributed by atoms with Crippen molar-refractivity contribution in [2.24, 2.45) is 0 Å². The van der Waals surface area contributed by atoms with Crippen molar-refractivity contribution in [3.8, 4) is 11.1 Å². The van der Waals surface area contributed by atoms with Gasteiger partial charge in [0.1, 0.15) is 0 Å². The summed E-state index contributed by atoms with van der Waals surface area (Å²) in [5.41, 5.74) is 3.41. The van der Waals surface area contributed by atoms with Crippen LogP contribution in [-0.2, 0) is 6.42 Å². The van der Waals surface area contributed by atoms with Gasteiger partial charge in [-0.05, 0) is 53.6 Å². The van der Waals surface area contributed by atoms with Crippen molar-refractivity contribution in [3.63, 3.8) is 0 Å². The van der Waals surface area contributed by atoms with Crippen LogP contribution in [0.1, 0.15) is 30.0 Å². The molecule has 0 saturated carbocycles. The van der Waals surface area contributed by atoms with Crippen molar-refractivity contribution >= 4 is 6.09 Å². The first-order chi connectivity index (χ1) is 10.5. The Kier molecular flexibility index (Phi) is 3.79. The van der Waals surface area contributed by atoms with Gasteiger partial charge in [-0.1, -0.05) is 24.3 Å². The molecule has 0 saturated heterocycles. The minimum atomic E-state index is -1.04. The maximum atomic E-state index is 13.4. The Hall–Kier alpha value is -2.43. The van der Waals surface area contributed by atoms with E-state index in [2.05, 4.69) is 5.32 Å². The number of rotatable bonds is 2. The number of benzene rings is 2. The molecule has 22 heavy (non-hydrogen) atoms. The quantitative estimate of drug-likeness (QED) is 0.870. The van der Waals surface area contributed by atoms with Crippen molar-refractivity contribution < 1.29 is 18.7 Å². The number of carbonyl (C=O) groups is 1. The summed E-state index contributed by atoms with van der Waals surface area (Å²) in [4.78, 5) is 10.8. The van der Waals surface area contributed by atoms with E-state index in [9.17, 15) is 13.6 Å². The molecule has 5 heteroatoms. The van der Waals surface area contributed by atoms with Gasteiger partial charge in [-0.15, -0.1) is 0 Å². The maximum Gasteiger partial charge on any atom is 0.405 e. The SMILES string of the molecule is O=C(O)NC1CCCc2cc(-c3ccc(F)c(F)c3)ccc21. The first-order valence-corrected chi connectivity index (χ1v) is 7.12. The number of amides is 1. The number of hydrogen-bond acceptors (Lipinski definition) is 1. The highest BCUT2D eigenvalue weighted by molar-refractivity contribution is 5.67. The third kappa shape index (κ3) is 2.79. The fourth-order valence-electron chi connectivity index (χ4n) is 2.97. The van der Waals surface area contributed by atoms with Crippen molar-refractivity contribution in [2.75, 3.05) is 0 Å². The Bertz CT molecular complexity index is 731. The summed E-state index contributed by atoms with van der Waals surface area (Å²) in [6.07, 6.45) is 1.47. The summed E-state index contributed by atoms with van der Waals surface area (Å²) >= 11 is 0. The van der Waals surface area contributed by atoms with Gasteiger partial charge in [0.05, 0.1) is 6.04 Å². The van der Waals surface area contributed by atoms with E-state index in [0.717, 1.165) is 42.0 Å². The molecule has 1 aliphatic rings. The van der Waals surface area contributed by atoms with Gasteiger partial charge in [0, 0.05) is 0 Å². The van der Waals surface area contributed by atoms with Crippen molar-refractivity contribution in [1.82, 2.24) is 5.32 Å². The van der Waals surface area contributed by atoms with Gasteiger partial charge in [-0.3, -0.25) is 0 Å². The summed E-state index contributed by atoms with van der Waals surface area (Å²) in [5, 5.41) is 11.4. The Labute approximate surface area is 126 Å². The number of halogens is 2. The fourth-order valence-corrected chi connectivity index (χ4v) is 2.97. The highest BCUT2D eigenvalue weighted by Crippen LogP contribution is 2.33. The second-order valence-corrected chi connectivity index (χ2v) is 5.44. The van der Waals surface area contributed by atoms with Crippen molar-refractivity contribution in [2.45, 2.75) is 25.3 Å². The fraction of sp³-hybridized carbons (Fsp3) is 0.235. The van der Waals surface area contributed by atoms with E-state index >= 15 is 0 Å². The summed E-state index contributed by atoms with van der Waals surface area (Å²) in [5.74, 6) is -1.74. The van der Waals surface area contributed by atoms with Gasteiger partial charge in [0.25, 0.3) is 0 Å². The van der Waals surface area contributed by atoms with Crippen LogP contribution in [-0.4, -0.2) is 11.2 Å². The standard InChI is InChI=1S/C17H15F2NO2/c18-14-7-5-11(9-15(14)19)10-4-6-13-12(8-10)2-1-3-16(13)20-17(21)22/h4-9,16,20H,1-3H2,(H,21,22). The number of fused-ring (bicyclic) bond motifs is 1. The molecule has 2 aromatic rings. The molecular formula is C17H15F2NO2. The van der Waals surface area contributed by atoms with Gasteiger partial charge in [0.15, 0.2) is 11.6 Å². The molecule has 1 aliphatic carbocycles. The number of hydrogen-bond donors (Lipinski definition) is 2. The van der Waals surface area contributed by atoms with Crippen molar-refractivity contribution in [3.05, 3.63) is 59.2 Å². The lowest BCUT2D eigenvalue weighted by Gasteiger charge is -2.26. The first-order valence-electron chi connectivity index (χ1n) is 7.12. The van der Waals surface area contributed by atoms with Crippen LogP contribution >= 0.6 is 0 Å². The zero-order valence-corrected chi connectivity index (χ0v) is 11.8. The average molecular weight is 303 g/mol. The molecule has 2 aromatic carbocycles. The van der Waals surface area contributed by atoms with Crippen molar-refractivity contribution in [1.29, 1.82) is 0 Å². The van der Waals surface area contributed by atoms with E-state index in [1.54, 1.807) is 0 Å². The molecule has 1 amide bonds. The number of carboxylic acid groups (broad SMARTS) is 1. The Morgan fingerprint density at radius 3 is 2.55 bits per heavy atom. The van der Waals surface area contributed by atoms with E-state index in [0.29, 0.717) is 5.56 Å². The van der Waals surface area contributed by atoms with Crippen LogP contribution < -0.4 is 5.32 Å². The summed E-state index contributed by atoms with van der Waals surface area (Å²) in [6.45, 7) is 0. The van der Waals surface area contributed by atoms with Crippen LogP contribution in [0.3, 0.4) is 0 Å². The zero-order chi connectivity index (χ0) is 15.7. The lowest BCUT2D eigenvalue weighted by atomic mass is 9.86. The molecule has 0 fully saturated rings. The van der Waals surface area contributed by atoms with Gasteiger partial charge in [-0.25, -0.2) is 13.6 Å². The maximum absolute atomic E-state index is 13.4. The van der Waals surface area contributed by atoms with Crippen LogP contribution in [0.4, 0.5) is 13.6 Å². The first kappa shape index (κ1) is 14.5. The third-order valence-corrected chi connectivity index (χ3v) is 4.01. The molecule has 0 bridgehead atoms. The normalized spacial score (nSPS) is 16.9. The molecule has 1 unspecified atom stereocenters. The molecule has 0 heterocycles.